The van der Waals surface area contributed by atoms with Gasteiger partial charge < -0.3 is 10.1 Å². The lowest BCUT2D eigenvalue weighted by molar-refractivity contribution is -0.119. The van der Waals surface area contributed by atoms with E-state index in [0.29, 0.717) is 18.3 Å². The van der Waals surface area contributed by atoms with Crippen LogP contribution in [0.3, 0.4) is 0 Å². The lowest BCUT2D eigenvalue weighted by atomic mass is 10.1. The second-order valence-corrected chi connectivity index (χ2v) is 3.66. The molecule has 1 unspecified atom stereocenters. The van der Waals surface area contributed by atoms with E-state index in [1.54, 1.807) is 6.20 Å². The molecule has 1 atom stereocenters. The van der Waals surface area contributed by atoms with Gasteiger partial charge in [0.15, 0.2) is 0 Å². The van der Waals surface area contributed by atoms with Crippen molar-refractivity contribution in [2.45, 2.75) is 26.3 Å². The quantitative estimate of drug-likeness (QED) is 0.715. The number of nitrogens with one attached hydrogen (secondary N) is 1. The monoisotopic (exact) mass is 207 g/mol. The summed E-state index contributed by atoms with van der Waals surface area (Å²) in [4.78, 5) is 19.2. The van der Waals surface area contributed by atoms with Crippen molar-refractivity contribution in [3.63, 3.8) is 0 Å². The molecule has 5 heteroatoms. The molecule has 15 heavy (non-hydrogen) atoms. The lowest BCUT2D eigenvalue weighted by Crippen LogP contribution is -2.41. The normalized spacial score (nSPS) is 18.9. The van der Waals surface area contributed by atoms with Gasteiger partial charge in [0, 0.05) is 25.1 Å². The van der Waals surface area contributed by atoms with Crippen LogP contribution in [0.5, 0.6) is 5.88 Å². The Morgan fingerprint density at radius 2 is 2.47 bits per heavy atom. The van der Waals surface area contributed by atoms with Crippen molar-refractivity contribution in [3.8, 4) is 5.88 Å². The van der Waals surface area contributed by atoms with Crippen LogP contribution in [0.15, 0.2) is 6.20 Å². The Balaban J connectivity index is 2.13. The molecule has 0 bridgehead atoms. The minimum absolute atomic E-state index is 0.0290. The van der Waals surface area contributed by atoms with E-state index in [1.165, 1.54) is 6.92 Å². The van der Waals surface area contributed by atoms with Crippen molar-refractivity contribution in [2.24, 2.45) is 0 Å². The van der Waals surface area contributed by atoms with E-state index < -0.39 is 0 Å². The van der Waals surface area contributed by atoms with E-state index in [2.05, 4.69) is 15.3 Å². The second kappa shape index (κ2) is 3.84. The molecule has 1 aliphatic heterocycles. The maximum Gasteiger partial charge on any atom is 0.220 e. The average Bonchev–Trinajstić information content (AvgIpc) is 2.17. The summed E-state index contributed by atoms with van der Waals surface area (Å²) in [5.41, 5.74) is 0.950. The van der Waals surface area contributed by atoms with Gasteiger partial charge in [-0.3, -0.25) is 4.79 Å². The molecule has 1 aliphatic rings. The molecular formula is C10H13N3O2. The lowest BCUT2D eigenvalue weighted by Gasteiger charge is -2.24. The fourth-order valence-corrected chi connectivity index (χ4v) is 1.62. The number of carbonyl (C=O) groups is 1. The summed E-state index contributed by atoms with van der Waals surface area (Å²) in [5, 5.41) is 2.82. The van der Waals surface area contributed by atoms with E-state index in [-0.39, 0.29) is 11.9 Å². The van der Waals surface area contributed by atoms with Crippen LogP contribution in [0.25, 0.3) is 0 Å². The van der Waals surface area contributed by atoms with Gasteiger partial charge in [-0.2, -0.15) is 4.98 Å². The average molecular weight is 207 g/mol. The molecule has 1 amide bonds. The third-order valence-electron chi connectivity index (χ3n) is 2.24. The summed E-state index contributed by atoms with van der Waals surface area (Å²) in [6.07, 6.45) is 2.49. The van der Waals surface area contributed by atoms with Crippen molar-refractivity contribution < 1.29 is 9.53 Å². The smallest absolute Gasteiger partial charge is 0.220 e. The number of amides is 1. The van der Waals surface area contributed by atoms with Gasteiger partial charge in [-0.05, 0) is 6.92 Å². The number of rotatable bonds is 1. The molecule has 80 valence electrons. The van der Waals surface area contributed by atoms with Gasteiger partial charge in [0.25, 0.3) is 0 Å². The maximum atomic E-state index is 10.9. The summed E-state index contributed by atoms with van der Waals surface area (Å²) in [5.74, 6) is 1.30. The van der Waals surface area contributed by atoms with Crippen LogP contribution in [-0.2, 0) is 11.2 Å². The van der Waals surface area contributed by atoms with E-state index in [4.69, 9.17) is 4.74 Å². The molecule has 0 aromatic carbocycles. The van der Waals surface area contributed by atoms with Gasteiger partial charge in [-0.25, -0.2) is 4.98 Å². The van der Waals surface area contributed by atoms with E-state index in [0.717, 1.165) is 12.0 Å². The van der Waals surface area contributed by atoms with E-state index >= 15 is 0 Å². The molecule has 0 saturated heterocycles. The molecule has 1 aromatic rings. The van der Waals surface area contributed by atoms with Gasteiger partial charge in [0.05, 0.1) is 6.04 Å². The Labute approximate surface area is 87.9 Å². The molecule has 5 nitrogen and oxygen atoms in total. The van der Waals surface area contributed by atoms with Gasteiger partial charge in [-0.15, -0.1) is 0 Å². The molecule has 0 saturated carbocycles. The summed E-state index contributed by atoms with van der Waals surface area (Å²) in [6, 6.07) is 0.0290. The van der Waals surface area contributed by atoms with Crippen LogP contribution in [0.1, 0.15) is 18.3 Å². The highest BCUT2D eigenvalue weighted by Crippen LogP contribution is 2.21. The Bertz CT molecular complexity index is 392. The Morgan fingerprint density at radius 1 is 1.67 bits per heavy atom. The van der Waals surface area contributed by atoms with Crippen LogP contribution < -0.4 is 10.1 Å². The SMILES string of the molecule is CC(=O)NC1COc2nc(C)ncc2C1. The topological polar surface area (TPSA) is 64.1 Å². The predicted octanol–water partition coefficient (Wildman–Crippen LogP) is 0.225. The number of carbonyl (C=O) groups excluding carboxylic acids is 1. The zero-order valence-corrected chi connectivity index (χ0v) is 8.78. The summed E-state index contributed by atoms with van der Waals surface area (Å²) in [7, 11) is 0. The number of nitrogens with zero attached hydrogens (tertiary/aromatic N) is 2. The second-order valence-electron chi connectivity index (χ2n) is 3.66. The fourth-order valence-electron chi connectivity index (χ4n) is 1.62. The molecule has 0 spiro atoms. The van der Waals surface area contributed by atoms with Crippen molar-refractivity contribution in [1.29, 1.82) is 0 Å². The summed E-state index contributed by atoms with van der Waals surface area (Å²) >= 11 is 0. The molecule has 0 radical (unpaired) electrons. The first-order valence-electron chi connectivity index (χ1n) is 4.87. The van der Waals surface area contributed by atoms with Gasteiger partial charge in [-0.1, -0.05) is 0 Å². The van der Waals surface area contributed by atoms with Crippen molar-refractivity contribution in [1.82, 2.24) is 15.3 Å². The van der Waals surface area contributed by atoms with Crippen LogP contribution in [0.2, 0.25) is 0 Å². The van der Waals surface area contributed by atoms with Crippen LogP contribution in [0.4, 0.5) is 0 Å². The number of hydrogen-bond acceptors (Lipinski definition) is 4. The van der Waals surface area contributed by atoms with Crippen molar-refractivity contribution in [3.05, 3.63) is 17.6 Å². The highest BCUT2D eigenvalue weighted by molar-refractivity contribution is 5.73. The molecule has 1 N–H and O–H groups in total. The molecule has 0 aliphatic carbocycles. The van der Waals surface area contributed by atoms with Crippen molar-refractivity contribution >= 4 is 5.91 Å². The van der Waals surface area contributed by atoms with Gasteiger partial charge >= 0.3 is 0 Å². The summed E-state index contributed by atoms with van der Waals surface area (Å²) in [6.45, 7) is 3.80. The minimum Gasteiger partial charge on any atom is -0.475 e. The van der Waals surface area contributed by atoms with Gasteiger partial charge in [0.1, 0.15) is 12.4 Å². The molecule has 2 heterocycles. The number of fused-ring (bicyclic) bond motifs is 1. The highest BCUT2D eigenvalue weighted by Gasteiger charge is 2.21. The van der Waals surface area contributed by atoms with Gasteiger partial charge in [0.2, 0.25) is 11.8 Å². The fraction of sp³-hybridized carbons (Fsp3) is 0.500. The largest absolute Gasteiger partial charge is 0.475 e. The zero-order chi connectivity index (χ0) is 10.8. The van der Waals surface area contributed by atoms with Crippen LogP contribution in [-0.4, -0.2) is 28.5 Å². The predicted molar refractivity (Wildman–Crippen MR) is 53.6 cm³/mol. The first kappa shape index (κ1) is 9.89. The molecule has 2 rings (SSSR count). The number of hydrogen-bond donors (Lipinski definition) is 1. The Hall–Kier alpha value is -1.65. The third kappa shape index (κ3) is 2.23. The Morgan fingerprint density at radius 3 is 3.20 bits per heavy atom. The highest BCUT2D eigenvalue weighted by atomic mass is 16.5. The third-order valence-corrected chi connectivity index (χ3v) is 2.24. The number of ether oxygens (including phenoxy) is 1. The minimum atomic E-state index is -0.0416. The van der Waals surface area contributed by atoms with Crippen molar-refractivity contribution in [2.75, 3.05) is 6.61 Å². The Kier molecular flexibility index (Phi) is 2.53. The first-order valence-corrected chi connectivity index (χ1v) is 4.87. The molecule has 0 fully saturated rings. The van der Waals surface area contributed by atoms with Crippen LogP contribution >= 0.6 is 0 Å². The number of aromatic nitrogens is 2. The standard InChI is InChI=1S/C10H13N3O2/c1-6-11-4-8-3-9(13-7(2)14)5-15-10(8)12-6/h4,9H,3,5H2,1-2H3,(H,13,14). The zero-order valence-electron chi connectivity index (χ0n) is 8.78. The van der Waals surface area contributed by atoms with E-state index in [1.807, 2.05) is 6.92 Å². The summed E-state index contributed by atoms with van der Waals surface area (Å²) < 4.78 is 5.45. The number of aryl methyl sites for hydroxylation is 1. The molecular weight excluding hydrogens is 194 g/mol. The molecule has 1 aromatic heterocycles. The van der Waals surface area contributed by atoms with Crippen LogP contribution in [0, 0.1) is 6.92 Å². The first-order chi connectivity index (χ1) is 7.15. The van der Waals surface area contributed by atoms with E-state index in [9.17, 15) is 4.79 Å². The maximum absolute atomic E-state index is 10.9.